The minimum Gasteiger partial charge on any atom is -0.456 e. The summed E-state index contributed by atoms with van der Waals surface area (Å²) in [6.07, 6.45) is -4.81. The Labute approximate surface area is 152 Å². The second kappa shape index (κ2) is 9.12. The van der Waals surface area contributed by atoms with Crippen molar-refractivity contribution in [3.8, 4) is 0 Å². The maximum absolute atomic E-state index is 12.0. The molecule has 2 aromatic carbocycles. The molecule has 0 aliphatic heterocycles. The topological polar surface area (TPSA) is 93.1 Å². The first-order chi connectivity index (χ1) is 12.4. The van der Waals surface area contributed by atoms with Crippen LogP contribution in [-0.2, 0) is 9.47 Å². The molecule has 6 nitrogen and oxygen atoms in total. The van der Waals surface area contributed by atoms with E-state index in [2.05, 4.69) is 0 Å². The summed E-state index contributed by atoms with van der Waals surface area (Å²) in [4.78, 5) is 24.0. The molecule has 2 rings (SSSR count). The van der Waals surface area contributed by atoms with Crippen LogP contribution in [0.15, 0.2) is 60.7 Å². The normalized spacial score (nSPS) is 15.4. The van der Waals surface area contributed by atoms with E-state index in [0.29, 0.717) is 11.1 Å². The van der Waals surface area contributed by atoms with Gasteiger partial charge in [0.05, 0.1) is 11.1 Å². The molecule has 2 N–H and O–H groups in total. The number of rotatable bonds is 7. The minimum absolute atomic E-state index is 0.338. The lowest BCUT2D eigenvalue weighted by Crippen LogP contribution is -2.45. The van der Waals surface area contributed by atoms with Crippen molar-refractivity contribution in [2.45, 2.75) is 38.3 Å². The molecular formula is C20H22O6. The van der Waals surface area contributed by atoms with Gasteiger partial charge in [0.1, 0.15) is 24.4 Å². The van der Waals surface area contributed by atoms with Crippen LogP contribution in [0.2, 0.25) is 0 Å². The highest BCUT2D eigenvalue weighted by Crippen LogP contribution is 2.14. The van der Waals surface area contributed by atoms with Crippen molar-refractivity contribution in [2.75, 3.05) is 0 Å². The standard InChI is InChI=1S/C20H22O6/c1-13(25-19(23)15-9-5-3-6-10-15)17(21)18(22)14(2)26-20(24)16-11-7-4-8-12-16/h3-14,17-18,21-22H,1-2H3/t13-,14-,17-,18-/m1/s1. The van der Waals surface area contributed by atoms with Crippen molar-refractivity contribution in [2.24, 2.45) is 0 Å². The molecule has 0 bridgehead atoms. The van der Waals surface area contributed by atoms with Crippen LogP contribution >= 0.6 is 0 Å². The van der Waals surface area contributed by atoms with E-state index < -0.39 is 36.4 Å². The molecule has 138 valence electrons. The van der Waals surface area contributed by atoms with Crippen molar-refractivity contribution < 1.29 is 29.3 Å². The smallest absolute Gasteiger partial charge is 0.338 e. The van der Waals surface area contributed by atoms with E-state index in [-0.39, 0.29) is 0 Å². The molecule has 0 aromatic heterocycles. The van der Waals surface area contributed by atoms with Crippen molar-refractivity contribution in [3.63, 3.8) is 0 Å². The molecule has 0 unspecified atom stereocenters. The quantitative estimate of drug-likeness (QED) is 0.737. The number of hydrogen-bond donors (Lipinski definition) is 2. The van der Waals surface area contributed by atoms with Gasteiger partial charge in [0.2, 0.25) is 0 Å². The summed E-state index contributed by atoms with van der Waals surface area (Å²) in [7, 11) is 0. The zero-order valence-corrected chi connectivity index (χ0v) is 14.6. The summed E-state index contributed by atoms with van der Waals surface area (Å²) in [6, 6.07) is 16.6. The second-order valence-corrected chi connectivity index (χ2v) is 5.93. The van der Waals surface area contributed by atoms with Crippen LogP contribution in [0, 0.1) is 0 Å². The van der Waals surface area contributed by atoms with Gasteiger partial charge in [0.25, 0.3) is 0 Å². The Morgan fingerprint density at radius 1 is 0.692 bits per heavy atom. The highest BCUT2D eigenvalue weighted by molar-refractivity contribution is 5.89. The Balaban J connectivity index is 1.91. The van der Waals surface area contributed by atoms with Gasteiger partial charge < -0.3 is 19.7 Å². The van der Waals surface area contributed by atoms with E-state index in [1.165, 1.54) is 13.8 Å². The largest absolute Gasteiger partial charge is 0.456 e. The van der Waals surface area contributed by atoms with Gasteiger partial charge in [0, 0.05) is 0 Å². The number of benzene rings is 2. The fourth-order valence-corrected chi connectivity index (χ4v) is 2.32. The Hall–Kier alpha value is -2.70. The molecule has 0 aliphatic carbocycles. The molecule has 0 heterocycles. The minimum atomic E-state index is -1.42. The van der Waals surface area contributed by atoms with Gasteiger partial charge >= 0.3 is 11.9 Å². The van der Waals surface area contributed by atoms with Gasteiger partial charge in [-0.05, 0) is 38.1 Å². The lowest BCUT2D eigenvalue weighted by atomic mass is 10.0. The van der Waals surface area contributed by atoms with Crippen LogP contribution in [0.4, 0.5) is 0 Å². The summed E-state index contributed by atoms with van der Waals surface area (Å²) in [5.41, 5.74) is 0.675. The molecule has 26 heavy (non-hydrogen) atoms. The molecule has 0 saturated heterocycles. The molecule has 2 aromatic rings. The number of esters is 2. The van der Waals surface area contributed by atoms with Gasteiger partial charge in [-0.1, -0.05) is 36.4 Å². The molecule has 0 saturated carbocycles. The van der Waals surface area contributed by atoms with Crippen LogP contribution in [0.3, 0.4) is 0 Å². The molecule has 0 spiro atoms. The molecule has 4 atom stereocenters. The number of aliphatic hydroxyl groups is 2. The third kappa shape index (κ3) is 5.15. The average molecular weight is 358 g/mol. The van der Waals surface area contributed by atoms with E-state index in [1.807, 2.05) is 0 Å². The molecule has 0 aliphatic rings. The van der Waals surface area contributed by atoms with Crippen LogP contribution < -0.4 is 0 Å². The van der Waals surface area contributed by atoms with E-state index in [1.54, 1.807) is 60.7 Å². The monoisotopic (exact) mass is 358 g/mol. The number of carbonyl (C=O) groups excluding carboxylic acids is 2. The summed E-state index contributed by atoms with van der Waals surface area (Å²) in [5, 5.41) is 20.4. The fraction of sp³-hybridized carbons (Fsp3) is 0.300. The Morgan fingerprint density at radius 3 is 1.31 bits per heavy atom. The van der Waals surface area contributed by atoms with Crippen LogP contribution in [0.25, 0.3) is 0 Å². The van der Waals surface area contributed by atoms with Crippen molar-refractivity contribution in [1.82, 2.24) is 0 Å². The molecule has 0 fully saturated rings. The summed E-state index contributed by atoms with van der Waals surface area (Å²) in [5.74, 6) is -1.23. The predicted molar refractivity (Wildman–Crippen MR) is 94.7 cm³/mol. The number of carbonyl (C=O) groups is 2. The van der Waals surface area contributed by atoms with Gasteiger partial charge in [-0.3, -0.25) is 0 Å². The van der Waals surface area contributed by atoms with Gasteiger partial charge in [-0.2, -0.15) is 0 Å². The third-order valence-electron chi connectivity index (χ3n) is 3.92. The first-order valence-electron chi connectivity index (χ1n) is 8.28. The second-order valence-electron chi connectivity index (χ2n) is 5.93. The Bertz CT molecular complexity index is 652. The molecule has 0 radical (unpaired) electrons. The molecule has 6 heteroatoms. The lowest BCUT2D eigenvalue weighted by Gasteiger charge is -2.27. The summed E-state index contributed by atoms with van der Waals surface area (Å²) in [6.45, 7) is 2.92. The number of hydrogen-bond acceptors (Lipinski definition) is 6. The van der Waals surface area contributed by atoms with Crippen LogP contribution in [0.5, 0.6) is 0 Å². The van der Waals surface area contributed by atoms with Crippen molar-refractivity contribution >= 4 is 11.9 Å². The first-order valence-corrected chi connectivity index (χ1v) is 8.28. The van der Waals surface area contributed by atoms with Crippen LogP contribution in [0.1, 0.15) is 34.6 Å². The Kier molecular flexibility index (Phi) is 6.89. The highest BCUT2D eigenvalue weighted by Gasteiger charge is 2.32. The predicted octanol–water partition coefficient (Wildman–Crippen LogP) is 2.20. The maximum atomic E-state index is 12.0. The van der Waals surface area contributed by atoms with Gasteiger partial charge in [-0.25, -0.2) is 9.59 Å². The van der Waals surface area contributed by atoms with Crippen molar-refractivity contribution in [1.29, 1.82) is 0 Å². The van der Waals surface area contributed by atoms with Gasteiger partial charge in [-0.15, -0.1) is 0 Å². The number of aliphatic hydroxyl groups excluding tert-OH is 2. The highest BCUT2D eigenvalue weighted by atomic mass is 16.6. The van der Waals surface area contributed by atoms with Crippen LogP contribution in [-0.4, -0.2) is 46.6 Å². The third-order valence-corrected chi connectivity index (χ3v) is 3.92. The SMILES string of the molecule is C[C@@H](OC(=O)c1ccccc1)[C@@H](O)[C@H](O)[C@@H](C)OC(=O)c1ccccc1. The summed E-state index contributed by atoms with van der Waals surface area (Å²) < 4.78 is 10.3. The Morgan fingerprint density at radius 2 is 1.00 bits per heavy atom. The number of ether oxygens (including phenoxy) is 2. The fourth-order valence-electron chi connectivity index (χ4n) is 2.32. The van der Waals surface area contributed by atoms with E-state index in [0.717, 1.165) is 0 Å². The van der Waals surface area contributed by atoms with E-state index >= 15 is 0 Å². The zero-order valence-electron chi connectivity index (χ0n) is 14.6. The van der Waals surface area contributed by atoms with Gasteiger partial charge in [0.15, 0.2) is 0 Å². The van der Waals surface area contributed by atoms with E-state index in [9.17, 15) is 19.8 Å². The van der Waals surface area contributed by atoms with Crippen molar-refractivity contribution in [3.05, 3.63) is 71.8 Å². The van der Waals surface area contributed by atoms with E-state index in [4.69, 9.17) is 9.47 Å². The molecular weight excluding hydrogens is 336 g/mol. The zero-order chi connectivity index (χ0) is 19.1. The first kappa shape index (κ1) is 19.6. The molecule has 0 amide bonds. The lowest BCUT2D eigenvalue weighted by molar-refractivity contribution is -0.104. The maximum Gasteiger partial charge on any atom is 0.338 e. The summed E-state index contributed by atoms with van der Waals surface area (Å²) >= 11 is 0. The average Bonchev–Trinajstić information content (AvgIpc) is 2.67.